The van der Waals surface area contributed by atoms with E-state index in [1.54, 1.807) is 13.8 Å². The molecule has 0 atom stereocenters. The summed E-state index contributed by atoms with van der Waals surface area (Å²) in [6, 6.07) is 0. The summed E-state index contributed by atoms with van der Waals surface area (Å²) >= 11 is 11.7. The van der Waals surface area contributed by atoms with Crippen molar-refractivity contribution >= 4 is 62.6 Å². The van der Waals surface area contributed by atoms with Crippen molar-refractivity contribution in [3.63, 3.8) is 0 Å². The smallest absolute Gasteiger partial charge is 0.328 e. The maximum Gasteiger partial charge on any atom is 0.328 e. The summed E-state index contributed by atoms with van der Waals surface area (Å²) in [4.78, 5) is 10.9. The highest BCUT2D eigenvalue weighted by atomic mass is 32.2. The summed E-state index contributed by atoms with van der Waals surface area (Å²) in [5.74, 6) is -0.0521. The Kier molecular flexibility index (Phi) is 7.02. The average molecular weight is 240 g/mol. The predicted molar refractivity (Wildman–Crippen MR) is 62.7 cm³/mol. The number of hydrogen-bond donors (Lipinski definition) is 0. The van der Waals surface area contributed by atoms with Crippen LogP contribution < -0.4 is 0 Å². The molecule has 0 unspecified atom stereocenters. The third-order valence-electron chi connectivity index (χ3n) is 0.645. The molecule has 0 aliphatic carbocycles. The van der Waals surface area contributed by atoms with Gasteiger partial charge in [0.05, 0.1) is 9.95 Å². The lowest BCUT2D eigenvalue weighted by atomic mass is 10.8. The van der Waals surface area contributed by atoms with Crippen molar-refractivity contribution in [2.75, 3.05) is 5.75 Å². The maximum absolute atomic E-state index is 10.9. The van der Waals surface area contributed by atoms with Gasteiger partial charge in [0.15, 0.2) is 0 Å². The van der Waals surface area contributed by atoms with Crippen LogP contribution in [0.1, 0.15) is 13.8 Å². The molecule has 0 N–H and O–H groups in total. The van der Waals surface area contributed by atoms with Gasteiger partial charge in [-0.2, -0.15) is 0 Å². The Hall–Kier alpha value is 0.350. The van der Waals surface area contributed by atoms with Crippen LogP contribution in [0, 0.1) is 0 Å². The third-order valence-corrected chi connectivity index (χ3v) is 2.49. The molecule has 0 aliphatic heterocycles. The van der Waals surface area contributed by atoms with E-state index >= 15 is 0 Å². The molecule has 0 bridgehead atoms. The van der Waals surface area contributed by atoms with E-state index < -0.39 is 0 Å². The molecule has 0 aromatic heterocycles. The van der Waals surface area contributed by atoms with Gasteiger partial charge in [0, 0.05) is 4.20 Å². The molecule has 2 nitrogen and oxygen atoms in total. The molecule has 0 amide bonds. The molecule has 6 heteroatoms. The van der Waals surface area contributed by atoms with Gasteiger partial charge in [-0.25, -0.2) is 0 Å². The summed E-state index contributed by atoms with van der Waals surface area (Å²) in [6.45, 7) is 3.47. The fourth-order valence-corrected chi connectivity index (χ4v) is 1.29. The molecule has 0 saturated carbocycles. The molecule has 0 aromatic carbocycles. The molecule has 0 aromatic rings. The molecule has 68 valence electrons. The van der Waals surface area contributed by atoms with Gasteiger partial charge in [-0.1, -0.05) is 24.4 Å². The second-order valence-electron chi connectivity index (χ2n) is 1.81. The Morgan fingerprint density at radius 2 is 1.92 bits per heavy atom. The van der Waals surface area contributed by atoms with E-state index in [1.165, 1.54) is 11.8 Å². The average Bonchev–Trinajstić information content (AvgIpc) is 1.96. The Morgan fingerprint density at radius 1 is 1.33 bits per heavy atom. The van der Waals surface area contributed by atoms with Gasteiger partial charge in [-0.15, -0.1) is 11.8 Å². The van der Waals surface area contributed by atoms with Gasteiger partial charge in [0.25, 0.3) is 0 Å². The minimum atomic E-state index is -0.307. The second-order valence-corrected chi connectivity index (χ2v) is 5.69. The molecule has 0 rings (SSSR count). The van der Waals surface area contributed by atoms with Crippen LogP contribution in [0.5, 0.6) is 0 Å². The SMILES string of the molecule is CC(=S)SCC(=O)OSC(C)=S. The first kappa shape index (κ1) is 12.3. The zero-order valence-electron chi connectivity index (χ0n) is 6.66. The lowest BCUT2D eigenvalue weighted by molar-refractivity contribution is -0.129. The van der Waals surface area contributed by atoms with E-state index in [1.807, 2.05) is 0 Å². The van der Waals surface area contributed by atoms with Gasteiger partial charge in [-0.3, -0.25) is 4.79 Å². The van der Waals surface area contributed by atoms with Crippen LogP contribution in [-0.4, -0.2) is 20.1 Å². The van der Waals surface area contributed by atoms with Crippen LogP contribution in [0.25, 0.3) is 0 Å². The first-order valence-corrected chi connectivity index (χ1v) is 5.58. The normalized spacial score (nSPS) is 9.17. The van der Waals surface area contributed by atoms with Gasteiger partial charge >= 0.3 is 5.97 Å². The van der Waals surface area contributed by atoms with Crippen LogP contribution in [0.15, 0.2) is 0 Å². The van der Waals surface area contributed by atoms with Crippen molar-refractivity contribution in [2.24, 2.45) is 0 Å². The standard InChI is InChI=1S/C6H8O2S4/c1-4(9)11-3-6(7)8-12-5(2)10/h3H2,1-2H3. The van der Waals surface area contributed by atoms with Crippen molar-refractivity contribution in [3.05, 3.63) is 0 Å². The minimum Gasteiger partial charge on any atom is -0.385 e. The monoisotopic (exact) mass is 240 g/mol. The Balaban J connectivity index is 3.47. The molecule has 0 radical (unpaired) electrons. The summed E-state index contributed by atoms with van der Waals surface area (Å²) in [7, 11) is 0. The predicted octanol–water partition coefficient (Wildman–Crippen LogP) is 2.61. The number of hydrogen-bond acceptors (Lipinski definition) is 6. The van der Waals surface area contributed by atoms with Crippen molar-refractivity contribution in [1.82, 2.24) is 0 Å². The highest BCUT2D eigenvalue weighted by Crippen LogP contribution is 2.10. The van der Waals surface area contributed by atoms with Crippen molar-refractivity contribution in [3.8, 4) is 0 Å². The first-order valence-electron chi connectivity index (χ1n) is 3.03. The molecule has 0 spiro atoms. The molecule has 0 saturated heterocycles. The minimum absolute atomic E-state index is 0.255. The van der Waals surface area contributed by atoms with Crippen LogP contribution in [0.2, 0.25) is 0 Å². The number of thiocarbonyl (C=S) groups is 2. The number of thioether (sulfide) groups is 1. The van der Waals surface area contributed by atoms with Crippen molar-refractivity contribution < 1.29 is 8.98 Å². The quantitative estimate of drug-likeness (QED) is 0.544. The number of carbonyl (C=O) groups excluding carboxylic acids is 1. The summed E-state index contributed by atoms with van der Waals surface area (Å²) in [5, 5.41) is 0. The molecule has 0 fully saturated rings. The molecule has 0 aliphatic rings. The van der Waals surface area contributed by atoms with Gasteiger partial charge in [-0.05, 0) is 13.8 Å². The van der Waals surface area contributed by atoms with Crippen LogP contribution in [0.3, 0.4) is 0 Å². The Labute approximate surface area is 91.0 Å². The van der Waals surface area contributed by atoms with E-state index in [0.717, 1.165) is 16.2 Å². The van der Waals surface area contributed by atoms with Crippen LogP contribution in [0.4, 0.5) is 0 Å². The molecular formula is C6H8O2S4. The third kappa shape index (κ3) is 8.45. The largest absolute Gasteiger partial charge is 0.385 e. The zero-order chi connectivity index (χ0) is 9.56. The van der Waals surface area contributed by atoms with Crippen molar-refractivity contribution in [1.29, 1.82) is 0 Å². The second kappa shape index (κ2) is 6.82. The lowest BCUT2D eigenvalue weighted by Gasteiger charge is -1.99. The topological polar surface area (TPSA) is 26.3 Å². The van der Waals surface area contributed by atoms with Gasteiger partial charge in [0.1, 0.15) is 12.0 Å². The Bertz CT molecular complexity index is 182. The number of rotatable bonds is 2. The van der Waals surface area contributed by atoms with Gasteiger partial charge in [0.2, 0.25) is 0 Å². The lowest BCUT2D eigenvalue weighted by Crippen LogP contribution is -2.04. The highest BCUT2D eigenvalue weighted by Gasteiger charge is 2.04. The van der Waals surface area contributed by atoms with Crippen LogP contribution in [-0.2, 0) is 8.98 Å². The van der Waals surface area contributed by atoms with E-state index in [4.69, 9.17) is 28.6 Å². The van der Waals surface area contributed by atoms with E-state index in [9.17, 15) is 4.79 Å². The van der Waals surface area contributed by atoms with E-state index in [2.05, 4.69) is 0 Å². The fourth-order valence-electron chi connectivity index (χ4n) is 0.290. The van der Waals surface area contributed by atoms with Crippen LogP contribution >= 0.6 is 48.2 Å². The van der Waals surface area contributed by atoms with E-state index in [-0.39, 0.29) is 11.7 Å². The fraction of sp³-hybridized carbons (Fsp3) is 0.500. The number of carbonyl (C=O) groups is 1. The van der Waals surface area contributed by atoms with Gasteiger partial charge < -0.3 is 4.18 Å². The first-order chi connectivity index (χ1) is 5.52. The van der Waals surface area contributed by atoms with Crippen molar-refractivity contribution in [2.45, 2.75) is 13.8 Å². The summed E-state index contributed by atoms with van der Waals surface area (Å²) < 4.78 is 6.03. The summed E-state index contributed by atoms with van der Waals surface area (Å²) in [6.07, 6.45) is 0. The molecule has 0 heterocycles. The molecular weight excluding hydrogens is 232 g/mol. The maximum atomic E-state index is 10.9. The Morgan fingerprint density at radius 3 is 2.33 bits per heavy atom. The zero-order valence-corrected chi connectivity index (χ0v) is 9.92. The molecule has 12 heavy (non-hydrogen) atoms. The highest BCUT2D eigenvalue weighted by molar-refractivity contribution is 8.23. The van der Waals surface area contributed by atoms with E-state index in [0.29, 0.717) is 4.20 Å². The summed E-state index contributed by atoms with van der Waals surface area (Å²) in [5.41, 5.74) is 0.